The minimum absolute atomic E-state index is 0.0817. The Hall–Kier alpha value is -4.39. The third-order valence-corrected chi connectivity index (χ3v) is 6.90. The minimum Gasteiger partial charge on any atom is -0.444 e. The van der Waals surface area contributed by atoms with Crippen LogP contribution in [0.25, 0.3) is 0 Å². The normalized spacial score (nSPS) is 12.5. The molecule has 0 saturated heterocycles. The molecule has 0 bridgehead atoms. The van der Waals surface area contributed by atoms with Crippen molar-refractivity contribution in [1.82, 2.24) is 10.2 Å². The molecule has 0 aromatic heterocycles. The largest absolute Gasteiger partial charge is 0.444 e. The summed E-state index contributed by atoms with van der Waals surface area (Å²) in [6, 6.07) is 19.1. The van der Waals surface area contributed by atoms with Crippen molar-refractivity contribution in [2.45, 2.75) is 72.6 Å². The first-order valence-corrected chi connectivity index (χ1v) is 14.2. The zero-order valence-electron chi connectivity index (χ0n) is 25.8. The molecule has 7 nitrogen and oxygen atoms in total. The van der Waals surface area contributed by atoms with E-state index in [1.165, 1.54) is 4.90 Å². The summed E-state index contributed by atoms with van der Waals surface area (Å²) < 4.78 is 5.51. The number of hydrogen-bond acceptors (Lipinski definition) is 4. The molecule has 42 heavy (non-hydrogen) atoms. The van der Waals surface area contributed by atoms with E-state index in [1.807, 2.05) is 94.4 Å². The molecule has 3 rings (SSSR count). The van der Waals surface area contributed by atoms with E-state index in [1.54, 1.807) is 26.8 Å². The van der Waals surface area contributed by atoms with Crippen LogP contribution in [-0.4, -0.2) is 41.0 Å². The van der Waals surface area contributed by atoms with Crippen LogP contribution in [0.1, 0.15) is 60.2 Å². The summed E-state index contributed by atoms with van der Waals surface area (Å²) >= 11 is 0. The number of aryl methyl sites for hydroxylation is 4. The number of amides is 3. The summed E-state index contributed by atoms with van der Waals surface area (Å²) in [6.07, 6.45) is 1.10. The van der Waals surface area contributed by atoms with Crippen molar-refractivity contribution < 1.29 is 19.1 Å². The second-order valence-corrected chi connectivity index (χ2v) is 11.7. The van der Waals surface area contributed by atoms with Crippen LogP contribution in [0.4, 0.5) is 10.5 Å². The van der Waals surface area contributed by atoms with Gasteiger partial charge in [0.2, 0.25) is 5.91 Å². The molecule has 3 amide bonds. The number of hydrogen-bond donors (Lipinski definition) is 2. The number of rotatable bonds is 10. The van der Waals surface area contributed by atoms with Gasteiger partial charge in [-0.05, 0) is 76.3 Å². The van der Waals surface area contributed by atoms with Gasteiger partial charge in [0.25, 0.3) is 5.91 Å². The summed E-state index contributed by atoms with van der Waals surface area (Å²) in [7, 11) is 0. The van der Waals surface area contributed by atoms with E-state index in [2.05, 4.69) is 17.2 Å². The third kappa shape index (κ3) is 8.56. The van der Waals surface area contributed by atoms with Crippen LogP contribution < -0.4 is 10.6 Å². The number of carbonyl (C=O) groups excluding carboxylic acids is 3. The number of alkyl carbamates (subject to hydrolysis) is 1. The van der Waals surface area contributed by atoms with Crippen LogP contribution in [0.2, 0.25) is 0 Å². The number of ether oxygens (including phenoxy) is 1. The lowest BCUT2D eigenvalue weighted by atomic mass is 9.95. The molecule has 0 radical (unpaired) electrons. The quantitative estimate of drug-likeness (QED) is 0.264. The highest BCUT2D eigenvalue weighted by Crippen LogP contribution is 2.30. The SMILES string of the molecule is C=CCN(C(=O)C(Cc1ccccc1)NC(=O)OC(C)(C)C)C(C(=O)Nc1c(C)cccc1C)c1cc(C)ccc1C. The topological polar surface area (TPSA) is 87.7 Å². The van der Waals surface area contributed by atoms with Gasteiger partial charge in [-0.1, -0.05) is 78.4 Å². The third-order valence-electron chi connectivity index (χ3n) is 6.90. The molecule has 0 aliphatic carbocycles. The van der Waals surface area contributed by atoms with Gasteiger partial charge in [0.15, 0.2) is 0 Å². The monoisotopic (exact) mass is 569 g/mol. The maximum atomic E-state index is 14.5. The van der Waals surface area contributed by atoms with Crippen LogP contribution in [-0.2, 0) is 20.7 Å². The molecule has 3 aromatic rings. The van der Waals surface area contributed by atoms with E-state index in [0.717, 1.165) is 27.8 Å². The second kappa shape index (κ2) is 14.0. The van der Waals surface area contributed by atoms with E-state index in [4.69, 9.17) is 4.74 Å². The number of carbonyl (C=O) groups is 3. The van der Waals surface area contributed by atoms with Crippen LogP contribution in [0.15, 0.2) is 79.4 Å². The standard InChI is InChI=1S/C35H43N3O4/c1-9-20-38(33(40)29(22-27-16-11-10-12-17-27)36-34(41)42-35(6,7)8)31(28-21-23(2)18-19-24(28)3)32(39)37-30-25(4)14-13-15-26(30)5/h9-19,21,29,31H,1,20,22H2,2-8H3,(H,36,41)(H,37,39). The molecule has 0 aliphatic heterocycles. The Balaban J connectivity index is 2.11. The lowest BCUT2D eigenvalue weighted by Gasteiger charge is -2.35. The fraction of sp³-hybridized carbons (Fsp3) is 0.343. The highest BCUT2D eigenvalue weighted by atomic mass is 16.6. The molecular formula is C35H43N3O4. The molecule has 3 aromatic carbocycles. The van der Waals surface area contributed by atoms with E-state index in [9.17, 15) is 14.4 Å². The van der Waals surface area contributed by atoms with Gasteiger partial charge >= 0.3 is 6.09 Å². The van der Waals surface area contributed by atoms with Crippen molar-refractivity contribution in [3.63, 3.8) is 0 Å². The Bertz CT molecular complexity index is 1410. The maximum absolute atomic E-state index is 14.5. The zero-order valence-corrected chi connectivity index (χ0v) is 25.8. The van der Waals surface area contributed by atoms with Crippen LogP contribution in [0.5, 0.6) is 0 Å². The first-order valence-electron chi connectivity index (χ1n) is 14.2. The van der Waals surface area contributed by atoms with E-state index in [0.29, 0.717) is 11.3 Å². The Morgan fingerprint density at radius 2 is 1.55 bits per heavy atom. The predicted molar refractivity (Wildman–Crippen MR) is 168 cm³/mol. The smallest absolute Gasteiger partial charge is 0.408 e. The number of para-hydroxylation sites is 1. The molecule has 2 unspecified atom stereocenters. The first kappa shape index (κ1) is 32.1. The molecule has 0 saturated carbocycles. The number of benzene rings is 3. The lowest BCUT2D eigenvalue weighted by Crippen LogP contribution is -2.53. The molecule has 2 atom stereocenters. The van der Waals surface area contributed by atoms with Crippen molar-refractivity contribution in [2.75, 3.05) is 11.9 Å². The van der Waals surface area contributed by atoms with Gasteiger partial charge < -0.3 is 20.3 Å². The number of nitrogens with zero attached hydrogens (tertiary/aromatic N) is 1. The Morgan fingerprint density at radius 3 is 2.14 bits per heavy atom. The highest BCUT2D eigenvalue weighted by Gasteiger charge is 2.37. The van der Waals surface area contributed by atoms with Crippen molar-refractivity contribution in [3.05, 3.63) is 113 Å². The molecule has 7 heteroatoms. The van der Waals surface area contributed by atoms with Gasteiger partial charge in [0.05, 0.1) is 0 Å². The summed E-state index contributed by atoms with van der Waals surface area (Å²) in [5.41, 5.74) is 5.16. The number of anilines is 1. The predicted octanol–water partition coefficient (Wildman–Crippen LogP) is 6.75. The van der Waals surface area contributed by atoms with Crippen LogP contribution in [0.3, 0.4) is 0 Å². The molecule has 0 heterocycles. The average Bonchev–Trinajstić information content (AvgIpc) is 2.91. The van der Waals surface area contributed by atoms with Gasteiger partial charge in [-0.25, -0.2) is 4.79 Å². The molecule has 222 valence electrons. The zero-order chi connectivity index (χ0) is 31.0. The Morgan fingerprint density at radius 1 is 0.905 bits per heavy atom. The van der Waals surface area contributed by atoms with Crippen molar-refractivity contribution in [2.24, 2.45) is 0 Å². The fourth-order valence-corrected chi connectivity index (χ4v) is 4.87. The Labute approximate surface area is 250 Å². The first-order chi connectivity index (χ1) is 19.8. The highest BCUT2D eigenvalue weighted by molar-refractivity contribution is 6.00. The molecule has 0 fully saturated rings. The Kier molecular flexibility index (Phi) is 10.7. The molecule has 0 spiro atoms. The summed E-state index contributed by atoms with van der Waals surface area (Å²) in [5.74, 6) is -0.779. The van der Waals surface area contributed by atoms with E-state index in [-0.39, 0.29) is 18.9 Å². The van der Waals surface area contributed by atoms with Crippen molar-refractivity contribution in [3.8, 4) is 0 Å². The lowest BCUT2D eigenvalue weighted by molar-refractivity contribution is -0.140. The summed E-state index contributed by atoms with van der Waals surface area (Å²) in [4.78, 5) is 43.1. The van der Waals surface area contributed by atoms with Crippen LogP contribution >= 0.6 is 0 Å². The second-order valence-electron chi connectivity index (χ2n) is 11.7. The number of nitrogens with one attached hydrogen (secondary N) is 2. The van der Waals surface area contributed by atoms with Gasteiger partial charge in [-0.3, -0.25) is 9.59 Å². The molecule has 2 N–H and O–H groups in total. The van der Waals surface area contributed by atoms with Gasteiger partial charge in [-0.15, -0.1) is 6.58 Å². The van der Waals surface area contributed by atoms with Crippen molar-refractivity contribution in [1.29, 1.82) is 0 Å². The summed E-state index contributed by atoms with van der Waals surface area (Å²) in [5, 5.41) is 5.88. The minimum atomic E-state index is -0.997. The summed E-state index contributed by atoms with van der Waals surface area (Å²) in [6.45, 7) is 17.0. The van der Waals surface area contributed by atoms with E-state index >= 15 is 0 Å². The fourth-order valence-electron chi connectivity index (χ4n) is 4.87. The van der Waals surface area contributed by atoms with Gasteiger partial charge in [-0.2, -0.15) is 0 Å². The average molecular weight is 570 g/mol. The van der Waals surface area contributed by atoms with Gasteiger partial charge in [0.1, 0.15) is 17.7 Å². The molecule has 0 aliphatic rings. The van der Waals surface area contributed by atoms with Gasteiger partial charge in [0, 0.05) is 18.7 Å². The van der Waals surface area contributed by atoms with E-state index < -0.39 is 29.7 Å². The molecular weight excluding hydrogens is 526 g/mol. The maximum Gasteiger partial charge on any atom is 0.408 e. The van der Waals surface area contributed by atoms with Crippen molar-refractivity contribution >= 4 is 23.6 Å². The van der Waals surface area contributed by atoms with Crippen LogP contribution in [0, 0.1) is 27.7 Å².